The number of rotatable bonds is 2. The fraction of sp³-hybridized carbons (Fsp3) is 0.786. The van der Waals surface area contributed by atoms with E-state index in [1.54, 1.807) is 25.7 Å². The van der Waals surface area contributed by atoms with Crippen LogP contribution >= 0.6 is 0 Å². The molecule has 0 bridgehead atoms. The molecule has 2 aliphatic rings. The van der Waals surface area contributed by atoms with Crippen molar-refractivity contribution in [1.82, 2.24) is 14.7 Å². The SMILES string of the molecule is CN1CCN(C(=O)OC(C)(C)C)CC12CN(CC(N)=O)C2=O. The predicted molar refractivity (Wildman–Crippen MR) is 78.9 cm³/mol. The lowest BCUT2D eigenvalue weighted by Gasteiger charge is -2.56. The normalized spacial score (nSPS) is 26.1. The van der Waals surface area contributed by atoms with Crippen molar-refractivity contribution < 1.29 is 19.1 Å². The van der Waals surface area contributed by atoms with Crippen molar-refractivity contribution in [3.8, 4) is 0 Å². The van der Waals surface area contributed by atoms with Gasteiger partial charge in [-0.3, -0.25) is 14.5 Å². The average Bonchev–Trinajstić information content (AvgIpc) is 2.37. The summed E-state index contributed by atoms with van der Waals surface area (Å²) < 4.78 is 5.37. The molecule has 2 N–H and O–H groups in total. The highest BCUT2D eigenvalue weighted by Crippen LogP contribution is 2.32. The Morgan fingerprint density at radius 3 is 2.41 bits per heavy atom. The third-order valence-electron chi connectivity index (χ3n) is 4.02. The van der Waals surface area contributed by atoms with E-state index in [4.69, 9.17) is 10.5 Å². The smallest absolute Gasteiger partial charge is 0.410 e. The second-order valence-electron chi connectivity index (χ2n) is 6.98. The van der Waals surface area contributed by atoms with Crippen LogP contribution in [0, 0.1) is 0 Å². The summed E-state index contributed by atoms with van der Waals surface area (Å²) in [4.78, 5) is 40.5. The van der Waals surface area contributed by atoms with Crippen LogP contribution in [0.4, 0.5) is 4.79 Å². The average molecular weight is 312 g/mol. The van der Waals surface area contributed by atoms with Gasteiger partial charge < -0.3 is 20.3 Å². The van der Waals surface area contributed by atoms with E-state index in [2.05, 4.69) is 0 Å². The van der Waals surface area contributed by atoms with Gasteiger partial charge in [0.15, 0.2) is 0 Å². The molecular weight excluding hydrogens is 288 g/mol. The third kappa shape index (κ3) is 3.01. The second-order valence-corrected chi connectivity index (χ2v) is 6.98. The monoisotopic (exact) mass is 312 g/mol. The van der Waals surface area contributed by atoms with Crippen LogP contribution in [0.5, 0.6) is 0 Å². The van der Waals surface area contributed by atoms with Crippen LogP contribution in [0.2, 0.25) is 0 Å². The van der Waals surface area contributed by atoms with E-state index < -0.39 is 23.1 Å². The van der Waals surface area contributed by atoms with Crippen molar-refractivity contribution in [2.24, 2.45) is 5.73 Å². The van der Waals surface area contributed by atoms with Crippen molar-refractivity contribution >= 4 is 17.9 Å². The lowest BCUT2D eigenvalue weighted by molar-refractivity contribution is -0.170. The molecule has 1 spiro atoms. The number of nitrogens with two attached hydrogens (primary N) is 1. The highest BCUT2D eigenvalue weighted by molar-refractivity contribution is 5.96. The van der Waals surface area contributed by atoms with Crippen LogP contribution in [-0.2, 0) is 14.3 Å². The molecule has 0 aromatic heterocycles. The van der Waals surface area contributed by atoms with Crippen LogP contribution < -0.4 is 5.73 Å². The molecule has 2 heterocycles. The first kappa shape index (κ1) is 16.5. The molecule has 1 unspecified atom stereocenters. The number of carbonyl (C=O) groups excluding carboxylic acids is 3. The minimum Gasteiger partial charge on any atom is -0.444 e. The van der Waals surface area contributed by atoms with E-state index >= 15 is 0 Å². The summed E-state index contributed by atoms with van der Waals surface area (Å²) in [6, 6.07) is 0. The van der Waals surface area contributed by atoms with Crippen molar-refractivity contribution in [2.75, 3.05) is 39.8 Å². The highest BCUT2D eigenvalue weighted by atomic mass is 16.6. The van der Waals surface area contributed by atoms with Gasteiger partial charge >= 0.3 is 6.09 Å². The molecule has 22 heavy (non-hydrogen) atoms. The number of amides is 3. The maximum absolute atomic E-state index is 12.4. The number of likely N-dealkylation sites (N-methyl/N-ethyl adjacent to an activating group) is 1. The molecule has 3 amide bonds. The first-order valence-corrected chi connectivity index (χ1v) is 7.32. The summed E-state index contributed by atoms with van der Waals surface area (Å²) in [7, 11) is 1.85. The Morgan fingerprint density at radius 2 is 1.91 bits per heavy atom. The van der Waals surface area contributed by atoms with Crippen molar-refractivity contribution in [1.29, 1.82) is 0 Å². The minimum atomic E-state index is -0.759. The number of ether oxygens (including phenoxy) is 1. The van der Waals surface area contributed by atoms with Gasteiger partial charge in [-0.1, -0.05) is 0 Å². The Hall–Kier alpha value is -1.83. The number of hydrogen-bond donors (Lipinski definition) is 1. The molecule has 2 aliphatic heterocycles. The molecule has 8 heteroatoms. The summed E-state index contributed by atoms with van der Waals surface area (Å²) in [6.07, 6.45) is -0.416. The molecular formula is C14H24N4O4. The van der Waals surface area contributed by atoms with E-state index in [0.29, 0.717) is 19.6 Å². The maximum atomic E-state index is 12.4. The van der Waals surface area contributed by atoms with E-state index in [-0.39, 0.29) is 19.0 Å². The van der Waals surface area contributed by atoms with Gasteiger partial charge in [0.1, 0.15) is 11.1 Å². The Labute approximate surface area is 130 Å². The lowest BCUT2D eigenvalue weighted by Crippen LogP contribution is -2.80. The lowest BCUT2D eigenvalue weighted by atomic mass is 9.84. The zero-order valence-electron chi connectivity index (χ0n) is 13.6. The zero-order chi connectivity index (χ0) is 16.7. The first-order chi connectivity index (χ1) is 10.0. The number of likely N-dealkylation sites (tertiary alicyclic amines) is 1. The molecule has 0 saturated carbocycles. The summed E-state index contributed by atoms with van der Waals surface area (Å²) in [5.41, 5.74) is 3.80. The van der Waals surface area contributed by atoms with Crippen molar-refractivity contribution in [3.63, 3.8) is 0 Å². The van der Waals surface area contributed by atoms with Gasteiger partial charge in [-0.25, -0.2) is 4.79 Å². The van der Waals surface area contributed by atoms with E-state index in [0.717, 1.165) is 0 Å². The zero-order valence-corrected chi connectivity index (χ0v) is 13.6. The summed E-state index contributed by atoms with van der Waals surface area (Å²) in [5.74, 6) is -0.701. The Bertz CT molecular complexity index is 502. The Morgan fingerprint density at radius 1 is 1.27 bits per heavy atom. The van der Waals surface area contributed by atoms with Gasteiger partial charge in [0.25, 0.3) is 0 Å². The van der Waals surface area contributed by atoms with Gasteiger partial charge in [0.05, 0.1) is 19.6 Å². The Kier molecular flexibility index (Phi) is 4.08. The van der Waals surface area contributed by atoms with Crippen LogP contribution in [0.1, 0.15) is 20.8 Å². The highest BCUT2D eigenvalue weighted by Gasteiger charge is 2.58. The van der Waals surface area contributed by atoms with Crippen molar-refractivity contribution in [2.45, 2.75) is 31.9 Å². The second kappa shape index (κ2) is 5.42. The third-order valence-corrected chi connectivity index (χ3v) is 4.02. The quantitative estimate of drug-likeness (QED) is 0.676. The molecule has 2 rings (SSSR count). The number of piperazine rings is 1. The Balaban J connectivity index is 2.05. The van der Waals surface area contributed by atoms with Gasteiger partial charge in [-0.05, 0) is 27.8 Å². The van der Waals surface area contributed by atoms with Gasteiger partial charge in [-0.15, -0.1) is 0 Å². The summed E-state index contributed by atoms with van der Waals surface area (Å²) in [6.45, 7) is 7.09. The van der Waals surface area contributed by atoms with E-state index in [9.17, 15) is 14.4 Å². The molecule has 1 atom stereocenters. The molecule has 0 radical (unpaired) electrons. The summed E-state index contributed by atoms with van der Waals surface area (Å²) >= 11 is 0. The standard InChI is InChI=1S/C14H24N4O4/c1-13(2,3)22-12(21)17-6-5-16(4)14(8-17)9-18(11(14)20)7-10(15)19/h5-9H2,1-4H3,(H2,15,19). The molecule has 0 aliphatic carbocycles. The molecule has 124 valence electrons. The van der Waals surface area contributed by atoms with Gasteiger partial charge in [0, 0.05) is 13.1 Å². The van der Waals surface area contributed by atoms with Crippen LogP contribution in [-0.4, -0.2) is 83.5 Å². The molecule has 2 fully saturated rings. The van der Waals surface area contributed by atoms with E-state index in [1.807, 2.05) is 11.9 Å². The fourth-order valence-corrected chi connectivity index (χ4v) is 2.86. The largest absolute Gasteiger partial charge is 0.444 e. The molecule has 0 aromatic rings. The number of hydrogen-bond acceptors (Lipinski definition) is 5. The maximum Gasteiger partial charge on any atom is 0.410 e. The van der Waals surface area contributed by atoms with Gasteiger partial charge in [0.2, 0.25) is 11.8 Å². The number of carbonyl (C=O) groups is 3. The van der Waals surface area contributed by atoms with Crippen LogP contribution in [0.3, 0.4) is 0 Å². The van der Waals surface area contributed by atoms with E-state index in [1.165, 1.54) is 4.90 Å². The molecule has 0 aromatic carbocycles. The topological polar surface area (TPSA) is 96.2 Å². The predicted octanol–water partition coefficient (Wildman–Crippen LogP) is -0.765. The minimum absolute atomic E-state index is 0.0825. The van der Waals surface area contributed by atoms with Crippen LogP contribution in [0.15, 0.2) is 0 Å². The number of primary amides is 1. The first-order valence-electron chi connectivity index (χ1n) is 7.32. The fourth-order valence-electron chi connectivity index (χ4n) is 2.86. The van der Waals surface area contributed by atoms with Gasteiger partial charge in [-0.2, -0.15) is 0 Å². The van der Waals surface area contributed by atoms with Crippen LogP contribution in [0.25, 0.3) is 0 Å². The summed E-state index contributed by atoms with van der Waals surface area (Å²) in [5, 5.41) is 0. The molecule has 8 nitrogen and oxygen atoms in total. The number of β-lactam (4-membered cyclic amide) rings is 1. The molecule has 2 saturated heterocycles. The van der Waals surface area contributed by atoms with Crippen molar-refractivity contribution in [3.05, 3.63) is 0 Å². The number of nitrogens with zero attached hydrogens (tertiary/aromatic N) is 3.